The molecule has 1 unspecified atom stereocenters. The molecule has 102 valence electrons. The molecule has 1 amide bonds. The Hall–Kier alpha value is -1.00. The maximum atomic E-state index is 12.9. The third-order valence-electron chi connectivity index (χ3n) is 3.88. The monoisotopic (exact) mass is 276 g/mol. The van der Waals surface area contributed by atoms with Crippen molar-refractivity contribution in [1.82, 2.24) is 5.32 Å². The van der Waals surface area contributed by atoms with Crippen molar-refractivity contribution in [3.05, 3.63) is 24.3 Å². The molecule has 0 radical (unpaired) electrons. The normalized spacial score (nSPS) is 25.9. The van der Waals surface area contributed by atoms with Crippen LogP contribution in [0.25, 0.3) is 0 Å². The number of carbonyl (C=O) groups is 1. The summed E-state index contributed by atoms with van der Waals surface area (Å²) in [5, 5.41) is 3.22. The molecular weight excluding hydrogens is 256 g/mol. The zero-order valence-corrected chi connectivity index (χ0v) is 12.5. The lowest BCUT2D eigenvalue weighted by atomic mass is 10.0. The van der Waals surface area contributed by atoms with Gasteiger partial charge in [0.1, 0.15) is 6.04 Å². The van der Waals surface area contributed by atoms with Crippen LogP contribution in [0.5, 0.6) is 0 Å². The first-order chi connectivity index (χ1) is 9.04. The summed E-state index contributed by atoms with van der Waals surface area (Å²) in [6.07, 6.45) is 2.25. The second kappa shape index (κ2) is 4.53. The van der Waals surface area contributed by atoms with E-state index in [9.17, 15) is 4.79 Å². The molecule has 2 aliphatic rings. The second-order valence-electron chi connectivity index (χ2n) is 5.83. The number of carbonyl (C=O) groups excluding carboxylic acids is 1. The quantitative estimate of drug-likeness (QED) is 0.901. The van der Waals surface area contributed by atoms with Crippen molar-refractivity contribution in [2.75, 3.05) is 11.9 Å². The Morgan fingerprint density at radius 2 is 2.00 bits per heavy atom. The van der Waals surface area contributed by atoms with Gasteiger partial charge in [-0.05, 0) is 45.9 Å². The predicted octanol–water partition coefficient (Wildman–Crippen LogP) is 2.65. The number of thioether (sulfide) groups is 1. The highest BCUT2D eigenvalue weighted by Crippen LogP contribution is 2.46. The lowest BCUT2D eigenvalue weighted by molar-refractivity contribution is -0.121. The van der Waals surface area contributed by atoms with E-state index in [1.807, 2.05) is 18.0 Å². The minimum atomic E-state index is -0.148. The van der Waals surface area contributed by atoms with E-state index in [-0.39, 0.29) is 16.7 Å². The molecule has 1 atom stereocenters. The highest BCUT2D eigenvalue weighted by molar-refractivity contribution is 8.01. The van der Waals surface area contributed by atoms with Crippen LogP contribution in [0, 0.1) is 0 Å². The fourth-order valence-corrected chi connectivity index (χ4v) is 4.14. The first-order valence-corrected chi connectivity index (χ1v) is 7.64. The van der Waals surface area contributed by atoms with Crippen molar-refractivity contribution in [3.8, 4) is 0 Å². The number of para-hydroxylation sites is 1. The van der Waals surface area contributed by atoms with Crippen LogP contribution in [0.15, 0.2) is 29.2 Å². The highest BCUT2D eigenvalue weighted by atomic mass is 32.2. The van der Waals surface area contributed by atoms with E-state index >= 15 is 0 Å². The third-order valence-corrected chi connectivity index (χ3v) is 5.21. The number of anilines is 1. The second-order valence-corrected chi connectivity index (χ2v) is 7.53. The molecule has 0 saturated heterocycles. The number of nitrogens with zero attached hydrogens (tertiary/aromatic N) is 1. The molecule has 1 aliphatic carbocycles. The van der Waals surface area contributed by atoms with E-state index in [0.717, 1.165) is 18.5 Å². The van der Waals surface area contributed by atoms with Gasteiger partial charge in [-0.1, -0.05) is 12.1 Å². The van der Waals surface area contributed by atoms with Gasteiger partial charge < -0.3 is 10.2 Å². The van der Waals surface area contributed by atoms with E-state index in [0.29, 0.717) is 6.04 Å². The average Bonchev–Trinajstić information content (AvgIpc) is 3.15. The number of hydrogen-bond acceptors (Lipinski definition) is 3. The highest BCUT2D eigenvalue weighted by Gasteiger charge is 2.46. The summed E-state index contributed by atoms with van der Waals surface area (Å²) in [5.41, 5.74) is 1.09. The summed E-state index contributed by atoms with van der Waals surface area (Å²) in [6.45, 7) is 4.29. The first kappa shape index (κ1) is 13.0. The molecule has 1 fully saturated rings. The Bertz CT molecular complexity index is 511. The molecule has 1 aromatic rings. The minimum absolute atomic E-state index is 0.147. The molecule has 19 heavy (non-hydrogen) atoms. The molecule has 3 nitrogen and oxygen atoms in total. The van der Waals surface area contributed by atoms with E-state index in [2.05, 4.69) is 37.4 Å². The van der Waals surface area contributed by atoms with E-state index < -0.39 is 0 Å². The number of rotatable bonds is 2. The topological polar surface area (TPSA) is 32.3 Å². The Kier molecular flexibility index (Phi) is 3.10. The van der Waals surface area contributed by atoms with Gasteiger partial charge in [0.25, 0.3) is 0 Å². The Morgan fingerprint density at radius 1 is 1.32 bits per heavy atom. The van der Waals surface area contributed by atoms with Gasteiger partial charge in [0.2, 0.25) is 5.91 Å². The van der Waals surface area contributed by atoms with Crippen LogP contribution in [-0.4, -0.2) is 29.8 Å². The number of hydrogen-bond donors (Lipinski definition) is 1. The smallest absolute Gasteiger partial charge is 0.245 e. The molecule has 0 aromatic heterocycles. The molecule has 3 rings (SSSR count). The summed E-state index contributed by atoms with van der Waals surface area (Å²) in [7, 11) is 1.88. The lowest BCUT2D eigenvalue weighted by Crippen LogP contribution is -2.54. The fourth-order valence-electron chi connectivity index (χ4n) is 2.82. The van der Waals surface area contributed by atoms with Gasteiger partial charge in [0.15, 0.2) is 0 Å². The summed E-state index contributed by atoms with van der Waals surface area (Å²) < 4.78 is -0.147. The van der Waals surface area contributed by atoms with Gasteiger partial charge in [-0.15, -0.1) is 11.8 Å². The largest absolute Gasteiger partial charge is 0.308 e. The number of amides is 1. The maximum absolute atomic E-state index is 12.9. The summed E-state index contributed by atoms with van der Waals surface area (Å²) in [6, 6.07) is 8.53. The Balaban J connectivity index is 2.12. The summed E-state index contributed by atoms with van der Waals surface area (Å²) >= 11 is 1.80. The van der Waals surface area contributed by atoms with Crippen molar-refractivity contribution in [3.63, 3.8) is 0 Å². The Morgan fingerprint density at radius 3 is 2.63 bits per heavy atom. The molecule has 1 aromatic carbocycles. The minimum Gasteiger partial charge on any atom is -0.308 e. The molecule has 0 bridgehead atoms. The maximum Gasteiger partial charge on any atom is 0.245 e. The summed E-state index contributed by atoms with van der Waals surface area (Å²) in [5.74, 6) is 0.215. The van der Waals surface area contributed by atoms with Crippen molar-refractivity contribution >= 4 is 23.4 Å². The van der Waals surface area contributed by atoms with Gasteiger partial charge in [0.05, 0.1) is 5.69 Å². The third kappa shape index (κ3) is 2.17. The summed E-state index contributed by atoms with van der Waals surface area (Å²) in [4.78, 5) is 16.1. The van der Waals surface area contributed by atoms with Crippen LogP contribution in [-0.2, 0) is 4.79 Å². The van der Waals surface area contributed by atoms with Crippen LogP contribution >= 0.6 is 11.8 Å². The van der Waals surface area contributed by atoms with Crippen molar-refractivity contribution in [1.29, 1.82) is 0 Å². The van der Waals surface area contributed by atoms with E-state index in [4.69, 9.17) is 0 Å². The SMILES string of the molecule is CNC1C(=O)N(C2CC2)c2ccccc2SC1(C)C. The van der Waals surface area contributed by atoms with Gasteiger partial charge in [-0.25, -0.2) is 0 Å². The van der Waals surface area contributed by atoms with Crippen molar-refractivity contribution in [2.45, 2.75) is 48.4 Å². The molecule has 1 aliphatic heterocycles. The van der Waals surface area contributed by atoms with Crippen molar-refractivity contribution < 1.29 is 4.79 Å². The number of likely N-dealkylation sites (N-methyl/N-ethyl adjacent to an activating group) is 1. The molecule has 0 spiro atoms. The fraction of sp³-hybridized carbons (Fsp3) is 0.533. The number of fused-ring (bicyclic) bond motifs is 1. The molecule has 1 N–H and O–H groups in total. The first-order valence-electron chi connectivity index (χ1n) is 6.83. The van der Waals surface area contributed by atoms with Gasteiger partial charge >= 0.3 is 0 Å². The Labute approximate surface area is 118 Å². The van der Waals surface area contributed by atoms with E-state index in [1.54, 1.807) is 11.8 Å². The molecule has 4 heteroatoms. The number of nitrogens with one attached hydrogen (secondary N) is 1. The van der Waals surface area contributed by atoms with Gasteiger partial charge in [-0.3, -0.25) is 4.79 Å². The zero-order valence-electron chi connectivity index (χ0n) is 11.6. The standard InChI is InChI=1S/C15H20N2OS/c1-15(2)13(16-3)14(18)17(10-8-9-10)11-6-4-5-7-12(11)19-15/h4-7,10,13,16H,8-9H2,1-3H3. The van der Waals surface area contributed by atoms with Crippen LogP contribution in [0.4, 0.5) is 5.69 Å². The lowest BCUT2D eigenvalue weighted by Gasteiger charge is -2.32. The van der Waals surface area contributed by atoms with Crippen LogP contribution in [0.1, 0.15) is 26.7 Å². The molecule has 1 saturated carbocycles. The van der Waals surface area contributed by atoms with Gasteiger partial charge in [0, 0.05) is 15.7 Å². The van der Waals surface area contributed by atoms with Crippen LogP contribution in [0.3, 0.4) is 0 Å². The van der Waals surface area contributed by atoms with Gasteiger partial charge in [-0.2, -0.15) is 0 Å². The zero-order chi connectivity index (χ0) is 13.6. The predicted molar refractivity (Wildman–Crippen MR) is 79.7 cm³/mol. The van der Waals surface area contributed by atoms with E-state index in [1.165, 1.54) is 4.90 Å². The number of benzene rings is 1. The van der Waals surface area contributed by atoms with Crippen LogP contribution in [0.2, 0.25) is 0 Å². The average molecular weight is 276 g/mol. The molecular formula is C15H20N2OS. The molecule has 1 heterocycles. The van der Waals surface area contributed by atoms with Crippen molar-refractivity contribution in [2.24, 2.45) is 0 Å². The van der Waals surface area contributed by atoms with Crippen LogP contribution < -0.4 is 10.2 Å².